The van der Waals surface area contributed by atoms with Gasteiger partial charge in [0.1, 0.15) is 10.4 Å². The van der Waals surface area contributed by atoms with Crippen LogP contribution in [0.5, 0.6) is 0 Å². The van der Waals surface area contributed by atoms with Crippen molar-refractivity contribution in [2.24, 2.45) is 0 Å². The van der Waals surface area contributed by atoms with Crippen molar-refractivity contribution in [3.8, 4) is 0 Å². The Balaban J connectivity index is 1.98. The number of aliphatic carboxylic acids is 1. The number of rotatable bonds is 4. The maximum atomic E-state index is 13.1. The van der Waals surface area contributed by atoms with E-state index in [1.165, 1.54) is 22.4 Å². The number of carboxylic acids is 1. The highest BCUT2D eigenvalue weighted by molar-refractivity contribution is 9.11. The summed E-state index contributed by atoms with van der Waals surface area (Å²) in [7, 11) is -3.81. The fourth-order valence-corrected chi connectivity index (χ4v) is 7.20. The van der Waals surface area contributed by atoms with Crippen LogP contribution in [0.1, 0.15) is 28.2 Å². The first kappa shape index (κ1) is 20.0. The lowest BCUT2D eigenvalue weighted by molar-refractivity contribution is -0.137. The topological polar surface area (TPSA) is 105 Å². The van der Waals surface area contributed by atoms with E-state index < -0.39 is 27.0 Å². The van der Waals surface area contributed by atoms with Gasteiger partial charge in [0, 0.05) is 24.2 Å². The molecule has 1 aliphatic rings. The molecule has 0 spiro atoms. The molecule has 7 nitrogen and oxygen atoms in total. The number of sulfone groups is 1. The number of thiophene rings is 1. The highest BCUT2D eigenvalue weighted by atomic mass is 79.9. The van der Waals surface area contributed by atoms with E-state index in [1.807, 2.05) is 0 Å². The Kier molecular flexibility index (Phi) is 5.68. The molecule has 0 aliphatic carbocycles. The molecule has 0 bridgehead atoms. The second kappa shape index (κ2) is 7.69. The summed E-state index contributed by atoms with van der Waals surface area (Å²) in [6, 6.07) is 8.30. The van der Waals surface area contributed by atoms with Crippen molar-refractivity contribution in [2.75, 3.05) is 18.8 Å². The van der Waals surface area contributed by atoms with Crippen LogP contribution >= 0.6 is 27.3 Å². The number of amides is 1. The molecule has 1 fully saturated rings. The van der Waals surface area contributed by atoms with Gasteiger partial charge in [-0.2, -0.15) is 0 Å². The lowest BCUT2D eigenvalue weighted by Gasteiger charge is -2.29. The molecule has 2 aromatic rings. The molecule has 0 radical (unpaired) electrons. The summed E-state index contributed by atoms with van der Waals surface area (Å²) in [5, 5.41) is 9.41. The number of pyridine rings is 1. The van der Waals surface area contributed by atoms with Crippen LogP contribution in [0.4, 0.5) is 0 Å². The van der Waals surface area contributed by atoms with Crippen LogP contribution in [0.3, 0.4) is 0 Å². The molecule has 144 valence electrons. The molecule has 10 heteroatoms. The summed E-state index contributed by atoms with van der Waals surface area (Å²) in [6.45, 7) is 0.142. The van der Waals surface area contributed by atoms with Gasteiger partial charge >= 0.3 is 5.97 Å². The van der Waals surface area contributed by atoms with E-state index in [-0.39, 0.29) is 36.9 Å². The molecule has 3 heterocycles. The lowest BCUT2D eigenvalue weighted by Crippen LogP contribution is -2.39. The molecule has 1 N–H and O–H groups in total. The average Bonchev–Trinajstić information content (AvgIpc) is 3.01. The Hall–Kier alpha value is -1.78. The quantitative estimate of drug-likeness (QED) is 0.732. The van der Waals surface area contributed by atoms with Crippen molar-refractivity contribution in [1.29, 1.82) is 0 Å². The van der Waals surface area contributed by atoms with Gasteiger partial charge in [-0.25, -0.2) is 8.42 Å². The van der Waals surface area contributed by atoms with Crippen molar-refractivity contribution < 1.29 is 23.1 Å². The van der Waals surface area contributed by atoms with Gasteiger partial charge in [-0.1, -0.05) is 6.07 Å². The van der Waals surface area contributed by atoms with Crippen LogP contribution in [0.15, 0.2) is 40.3 Å². The van der Waals surface area contributed by atoms with Crippen LogP contribution in [0.25, 0.3) is 0 Å². The third-order valence-corrected chi connectivity index (χ3v) is 9.08. The summed E-state index contributed by atoms with van der Waals surface area (Å²) in [4.78, 5) is 30.2. The smallest absolute Gasteiger partial charge is 0.305 e. The fourth-order valence-electron chi connectivity index (χ4n) is 3.23. The zero-order valence-electron chi connectivity index (χ0n) is 14.2. The second-order valence-corrected chi connectivity index (χ2v) is 11.1. The zero-order chi connectivity index (χ0) is 19.7. The number of aromatic nitrogens is 1. The number of nitrogens with zero attached hydrogens (tertiary/aromatic N) is 2. The molecule has 0 saturated carbocycles. The fraction of sp³-hybridized carbons (Fsp3) is 0.353. The predicted octanol–water partition coefficient (Wildman–Crippen LogP) is 2.54. The largest absolute Gasteiger partial charge is 0.481 e. The minimum absolute atomic E-state index is 0.00561. The van der Waals surface area contributed by atoms with Crippen molar-refractivity contribution in [1.82, 2.24) is 9.88 Å². The number of hydrogen-bond donors (Lipinski definition) is 1. The first-order chi connectivity index (χ1) is 12.7. The Morgan fingerprint density at radius 3 is 2.63 bits per heavy atom. The molecule has 27 heavy (non-hydrogen) atoms. The predicted molar refractivity (Wildman–Crippen MR) is 104 cm³/mol. The SMILES string of the molecule is O=C(O)C[C@]1(c2ccc(Br)s2)CCN(C(=O)c2ccccn2)CCS1(=O)=O. The van der Waals surface area contributed by atoms with Gasteiger partial charge in [-0.05, 0) is 46.6 Å². The number of halogens is 1. The first-order valence-electron chi connectivity index (χ1n) is 8.15. The van der Waals surface area contributed by atoms with Crippen LogP contribution in [0, 0.1) is 0 Å². The van der Waals surface area contributed by atoms with E-state index in [4.69, 9.17) is 0 Å². The molecule has 1 atom stereocenters. The van der Waals surface area contributed by atoms with E-state index in [0.29, 0.717) is 4.88 Å². The Bertz CT molecular complexity index is 961. The van der Waals surface area contributed by atoms with Crippen molar-refractivity contribution in [2.45, 2.75) is 17.6 Å². The van der Waals surface area contributed by atoms with Crippen molar-refractivity contribution in [3.63, 3.8) is 0 Å². The van der Waals surface area contributed by atoms with Gasteiger partial charge in [0.2, 0.25) is 0 Å². The van der Waals surface area contributed by atoms with Gasteiger partial charge in [0.15, 0.2) is 9.84 Å². The second-order valence-electron chi connectivity index (χ2n) is 6.24. The Morgan fingerprint density at radius 1 is 1.26 bits per heavy atom. The average molecular weight is 473 g/mol. The molecule has 1 amide bonds. The Labute approximate surface area is 169 Å². The maximum Gasteiger partial charge on any atom is 0.305 e. The zero-order valence-corrected chi connectivity index (χ0v) is 17.4. The monoisotopic (exact) mass is 472 g/mol. The highest BCUT2D eigenvalue weighted by Gasteiger charge is 2.50. The van der Waals surface area contributed by atoms with Gasteiger partial charge in [0.05, 0.1) is 16.0 Å². The summed E-state index contributed by atoms with van der Waals surface area (Å²) >= 11 is 4.53. The van der Waals surface area contributed by atoms with Crippen LogP contribution in [-0.4, -0.2) is 54.1 Å². The normalized spacial score (nSPS) is 22.2. The van der Waals surface area contributed by atoms with Crippen LogP contribution < -0.4 is 0 Å². The first-order valence-corrected chi connectivity index (χ1v) is 11.4. The van der Waals surface area contributed by atoms with Crippen LogP contribution in [0.2, 0.25) is 0 Å². The number of carbonyl (C=O) groups is 2. The number of hydrogen-bond acceptors (Lipinski definition) is 6. The highest BCUT2D eigenvalue weighted by Crippen LogP contribution is 2.44. The lowest BCUT2D eigenvalue weighted by atomic mass is 9.97. The molecule has 3 rings (SSSR count). The van der Waals surface area contributed by atoms with E-state index in [0.717, 1.165) is 3.79 Å². The number of carboxylic acid groups (broad SMARTS) is 1. The summed E-state index contributed by atoms with van der Waals surface area (Å²) < 4.78 is 25.5. The van der Waals surface area contributed by atoms with E-state index >= 15 is 0 Å². The molecule has 0 unspecified atom stereocenters. The van der Waals surface area contributed by atoms with Gasteiger partial charge in [0.25, 0.3) is 5.91 Å². The van der Waals surface area contributed by atoms with Crippen molar-refractivity contribution in [3.05, 3.63) is 50.9 Å². The van der Waals surface area contributed by atoms with E-state index in [2.05, 4.69) is 20.9 Å². The minimum atomic E-state index is -3.81. The van der Waals surface area contributed by atoms with Gasteiger partial charge in [-0.15, -0.1) is 11.3 Å². The molecular formula is C17H17BrN2O5S2. The molecule has 1 saturated heterocycles. The van der Waals surface area contributed by atoms with Gasteiger partial charge < -0.3 is 10.0 Å². The summed E-state index contributed by atoms with van der Waals surface area (Å²) in [5.74, 6) is -1.84. The number of carbonyl (C=O) groups excluding carboxylic acids is 1. The van der Waals surface area contributed by atoms with Gasteiger partial charge in [-0.3, -0.25) is 14.6 Å². The third kappa shape index (κ3) is 3.92. The standard InChI is InChI=1S/C17H17BrN2O5S2/c18-14-5-4-13(26-14)17(11-15(21)22)6-8-20(9-10-27(17,24)25)16(23)12-3-1-2-7-19-12/h1-5,7H,6,8-11H2,(H,21,22)/t17-/m0/s1. The maximum absolute atomic E-state index is 13.1. The third-order valence-electron chi connectivity index (χ3n) is 4.64. The summed E-state index contributed by atoms with van der Waals surface area (Å²) in [6.07, 6.45) is 0.987. The Morgan fingerprint density at radius 2 is 2.04 bits per heavy atom. The molecule has 2 aromatic heterocycles. The molecule has 0 aromatic carbocycles. The molecule has 1 aliphatic heterocycles. The van der Waals surface area contributed by atoms with Crippen molar-refractivity contribution >= 4 is 49.0 Å². The minimum Gasteiger partial charge on any atom is -0.481 e. The van der Waals surface area contributed by atoms with E-state index in [1.54, 1.807) is 30.3 Å². The summed E-state index contributed by atoms with van der Waals surface area (Å²) in [5.41, 5.74) is 0.236. The van der Waals surface area contributed by atoms with Crippen LogP contribution in [-0.2, 0) is 19.4 Å². The molecular weight excluding hydrogens is 456 g/mol. The van der Waals surface area contributed by atoms with E-state index in [9.17, 15) is 23.1 Å².